The molecule has 0 bridgehead atoms. The van der Waals surface area contributed by atoms with Crippen LogP contribution in [-0.2, 0) is 9.59 Å². The topological polar surface area (TPSA) is 129 Å². The highest BCUT2D eigenvalue weighted by Gasteiger charge is 2.36. The lowest BCUT2D eigenvalue weighted by molar-refractivity contribution is -0.120. The molecule has 11 heteroatoms. The van der Waals surface area contributed by atoms with Gasteiger partial charge in [-0.05, 0) is 36.4 Å². The minimum absolute atomic E-state index is 0.153. The summed E-state index contributed by atoms with van der Waals surface area (Å²) in [5.74, 6) is 0.708. The van der Waals surface area contributed by atoms with Crippen molar-refractivity contribution in [2.45, 2.75) is 6.04 Å². The van der Waals surface area contributed by atoms with E-state index in [0.717, 1.165) is 0 Å². The molecule has 1 atom stereocenters. The van der Waals surface area contributed by atoms with Gasteiger partial charge in [0, 0.05) is 17.0 Å². The monoisotopic (exact) mass is 475 g/mol. The molecule has 0 spiro atoms. The van der Waals surface area contributed by atoms with Crippen LogP contribution in [0.25, 0.3) is 0 Å². The lowest BCUT2D eigenvalue weighted by Crippen LogP contribution is -2.44. The molecule has 10 nitrogen and oxygen atoms in total. The summed E-state index contributed by atoms with van der Waals surface area (Å²) >= 11 is 1.48. The quantitative estimate of drug-likeness (QED) is 0.561. The molecule has 0 radical (unpaired) electrons. The summed E-state index contributed by atoms with van der Waals surface area (Å²) in [7, 11) is 4.36. The molecule has 3 rings (SSSR count). The van der Waals surface area contributed by atoms with E-state index in [0.29, 0.717) is 23.1 Å². The third kappa shape index (κ3) is 5.61. The van der Waals surface area contributed by atoms with Crippen LogP contribution in [-0.4, -0.2) is 68.2 Å². The Bertz CT molecular complexity index is 1000. The van der Waals surface area contributed by atoms with Gasteiger partial charge in [0.15, 0.2) is 18.1 Å². The molecule has 1 aliphatic heterocycles. The zero-order valence-corrected chi connectivity index (χ0v) is 19.3. The predicted molar refractivity (Wildman–Crippen MR) is 123 cm³/mol. The van der Waals surface area contributed by atoms with E-state index in [4.69, 9.17) is 24.7 Å². The first kappa shape index (κ1) is 24.1. The van der Waals surface area contributed by atoms with E-state index in [2.05, 4.69) is 5.32 Å². The van der Waals surface area contributed by atoms with Crippen LogP contribution >= 0.6 is 11.8 Å². The Morgan fingerprint density at radius 3 is 2.24 bits per heavy atom. The second-order valence-corrected chi connectivity index (χ2v) is 7.97. The van der Waals surface area contributed by atoms with Gasteiger partial charge in [0.1, 0.15) is 11.8 Å². The maximum absolute atomic E-state index is 13.3. The van der Waals surface area contributed by atoms with Crippen LogP contribution in [0.3, 0.4) is 0 Å². The molecular formula is C22H25N3O7S. The fourth-order valence-electron chi connectivity index (χ4n) is 3.21. The van der Waals surface area contributed by atoms with Gasteiger partial charge in [0.2, 0.25) is 11.7 Å². The molecular weight excluding hydrogens is 450 g/mol. The summed E-state index contributed by atoms with van der Waals surface area (Å²) in [5, 5.41) is 2.84. The Kier molecular flexibility index (Phi) is 7.88. The fraction of sp³-hybridized carbons (Fsp3) is 0.318. The highest BCUT2D eigenvalue weighted by atomic mass is 32.2. The minimum Gasteiger partial charge on any atom is -0.497 e. The van der Waals surface area contributed by atoms with Gasteiger partial charge in [0.05, 0.1) is 27.2 Å². The molecule has 1 aliphatic rings. The van der Waals surface area contributed by atoms with Gasteiger partial charge in [-0.15, -0.1) is 11.8 Å². The number of anilines is 1. The number of nitrogens with zero attached hydrogens (tertiary/aromatic N) is 1. The zero-order valence-electron chi connectivity index (χ0n) is 18.5. The molecule has 0 aliphatic carbocycles. The summed E-state index contributed by atoms with van der Waals surface area (Å²) in [5.41, 5.74) is 6.00. The molecule has 176 valence electrons. The van der Waals surface area contributed by atoms with Crippen molar-refractivity contribution >= 4 is 35.2 Å². The molecule has 33 heavy (non-hydrogen) atoms. The number of nitrogens with one attached hydrogen (secondary N) is 1. The number of ether oxygens (including phenoxy) is 4. The number of methoxy groups -OCH3 is 3. The van der Waals surface area contributed by atoms with Crippen molar-refractivity contribution in [1.82, 2.24) is 4.90 Å². The van der Waals surface area contributed by atoms with E-state index in [9.17, 15) is 14.4 Å². The summed E-state index contributed by atoms with van der Waals surface area (Å²) in [4.78, 5) is 38.8. The number of benzene rings is 2. The average molecular weight is 476 g/mol. The van der Waals surface area contributed by atoms with Crippen molar-refractivity contribution in [3.05, 3.63) is 42.0 Å². The molecule has 3 amide bonds. The van der Waals surface area contributed by atoms with E-state index in [1.807, 2.05) is 0 Å². The number of rotatable bonds is 9. The largest absolute Gasteiger partial charge is 0.497 e. The Morgan fingerprint density at radius 1 is 1.06 bits per heavy atom. The second-order valence-electron chi connectivity index (χ2n) is 6.97. The fourth-order valence-corrected chi connectivity index (χ4v) is 4.37. The Morgan fingerprint density at radius 2 is 1.70 bits per heavy atom. The summed E-state index contributed by atoms with van der Waals surface area (Å²) in [6.45, 7) is -0.379. The van der Waals surface area contributed by atoms with E-state index in [-0.39, 0.29) is 41.2 Å². The molecule has 1 heterocycles. The molecule has 0 saturated carbocycles. The number of hydrogen-bond acceptors (Lipinski definition) is 8. The number of carbonyl (C=O) groups is 3. The van der Waals surface area contributed by atoms with Gasteiger partial charge >= 0.3 is 0 Å². The van der Waals surface area contributed by atoms with E-state index >= 15 is 0 Å². The number of nitrogens with two attached hydrogens (primary N) is 1. The van der Waals surface area contributed by atoms with Crippen LogP contribution in [0.5, 0.6) is 23.0 Å². The molecule has 1 fully saturated rings. The highest BCUT2D eigenvalue weighted by Crippen LogP contribution is 2.39. The maximum atomic E-state index is 13.3. The van der Waals surface area contributed by atoms with E-state index in [1.165, 1.54) is 43.0 Å². The Labute approximate surface area is 195 Å². The van der Waals surface area contributed by atoms with Crippen molar-refractivity contribution in [3.8, 4) is 23.0 Å². The minimum atomic E-state index is -0.668. The van der Waals surface area contributed by atoms with E-state index in [1.54, 1.807) is 31.4 Å². The normalized spacial score (nSPS) is 15.0. The molecule has 0 aromatic heterocycles. The number of hydrogen-bond donors (Lipinski definition) is 2. The maximum Gasteiger partial charge on any atom is 0.255 e. The molecule has 3 N–H and O–H groups in total. The van der Waals surface area contributed by atoms with Crippen molar-refractivity contribution < 1.29 is 33.3 Å². The smallest absolute Gasteiger partial charge is 0.255 e. The Hall–Kier alpha value is -3.60. The molecule has 2 aromatic rings. The van der Waals surface area contributed by atoms with Gasteiger partial charge in [-0.1, -0.05) is 0 Å². The van der Waals surface area contributed by atoms with Gasteiger partial charge in [-0.3, -0.25) is 14.4 Å². The van der Waals surface area contributed by atoms with Crippen molar-refractivity contribution in [2.24, 2.45) is 5.73 Å². The first-order chi connectivity index (χ1) is 15.9. The van der Waals surface area contributed by atoms with Gasteiger partial charge < -0.3 is 34.9 Å². The van der Waals surface area contributed by atoms with Crippen LogP contribution in [0.1, 0.15) is 10.4 Å². The molecule has 1 saturated heterocycles. The lowest BCUT2D eigenvalue weighted by Gasteiger charge is -2.24. The lowest BCUT2D eigenvalue weighted by atomic mass is 10.1. The van der Waals surface area contributed by atoms with Crippen molar-refractivity contribution in [3.63, 3.8) is 0 Å². The van der Waals surface area contributed by atoms with Crippen molar-refractivity contribution in [1.29, 1.82) is 0 Å². The summed E-state index contributed by atoms with van der Waals surface area (Å²) in [6.07, 6.45) is 0. The molecule has 2 aromatic carbocycles. The third-order valence-electron chi connectivity index (χ3n) is 4.87. The summed E-state index contributed by atoms with van der Waals surface area (Å²) in [6, 6.07) is 9.22. The van der Waals surface area contributed by atoms with Crippen LogP contribution in [0, 0.1) is 0 Å². The van der Waals surface area contributed by atoms with Crippen LogP contribution in [0.4, 0.5) is 5.69 Å². The van der Waals surface area contributed by atoms with Gasteiger partial charge in [-0.2, -0.15) is 0 Å². The number of amides is 3. The zero-order chi connectivity index (χ0) is 24.0. The van der Waals surface area contributed by atoms with Crippen LogP contribution in [0.15, 0.2) is 36.4 Å². The van der Waals surface area contributed by atoms with Crippen LogP contribution < -0.4 is 30.0 Å². The molecule has 1 unspecified atom stereocenters. The van der Waals surface area contributed by atoms with Crippen LogP contribution in [0.2, 0.25) is 0 Å². The van der Waals surface area contributed by atoms with E-state index < -0.39 is 11.9 Å². The third-order valence-corrected chi connectivity index (χ3v) is 5.88. The first-order valence-corrected chi connectivity index (χ1v) is 11.0. The number of primary amides is 1. The average Bonchev–Trinajstić information content (AvgIpc) is 3.32. The standard InChI is InChI=1S/C22H25N3O7S/c1-29-15-6-4-14(5-7-15)24-21(27)16-11-33-12-25(16)22(28)13-8-17(30-2)20(18(9-13)31-3)32-10-19(23)26/h4-9,16H,10-12H2,1-3H3,(H2,23,26)(H,24,27). The number of thioether (sulfide) groups is 1. The first-order valence-electron chi connectivity index (χ1n) is 9.88. The highest BCUT2D eigenvalue weighted by molar-refractivity contribution is 7.99. The predicted octanol–water partition coefficient (Wildman–Crippen LogP) is 1.73. The number of carbonyl (C=O) groups excluding carboxylic acids is 3. The summed E-state index contributed by atoms with van der Waals surface area (Å²) < 4.78 is 21.2. The van der Waals surface area contributed by atoms with Crippen molar-refractivity contribution in [2.75, 3.05) is 44.9 Å². The Balaban J connectivity index is 1.80. The second kappa shape index (κ2) is 10.8. The SMILES string of the molecule is COc1ccc(NC(=O)C2CSCN2C(=O)c2cc(OC)c(OCC(N)=O)c(OC)c2)cc1. The van der Waals surface area contributed by atoms with Gasteiger partial charge in [0.25, 0.3) is 11.8 Å². The van der Waals surface area contributed by atoms with Gasteiger partial charge in [-0.25, -0.2) is 0 Å².